The summed E-state index contributed by atoms with van der Waals surface area (Å²) in [7, 11) is 1.55. The molecule has 0 aliphatic rings. The second-order valence-electron chi connectivity index (χ2n) is 5.03. The molecule has 0 aliphatic heterocycles. The Balaban J connectivity index is 1.95. The van der Waals surface area contributed by atoms with Crippen molar-refractivity contribution in [1.82, 2.24) is 20.1 Å². The van der Waals surface area contributed by atoms with E-state index in [1.807, 2.05) is 6.07 Å². The number of amides is 1. The largest absolute Gasteiger partial charge is 0.355 e. The van der Waals surface area contributed by atoms with Gasteiger partial charge in [0.2, 0.25) is 0 Å². The number of rotatable bonds is 3. The third-order valence-corrected chi connectivity index (χ3v) is 3.53. The average Bonchev–Trinajstić information content (AvgIpc) is 3.03. The van der Waals surface area contributed by atoms with E-state index in [4.69, 9.17) is 5.26 Å². The van der Waals surface area contributed by atoms with Gasteiger partial charge in [-0.3, -0.25) is 14.7 Å². The van der Waals surface area contributed by atoms with E-state index in [0.717, 1.165) is 0 Å². The van der Waals surface area contributed by atoms with Gasteiger partial charge in [0, 0.05) is 19.4 Å². The number of benzene rings is 1. The second-order valence-corrected chi connectivity index (χ2v) is 5.03. The van der Waals surface area contributed by atoms with Crippen LogP contribution in [-0.2, 0) is 0 Å². The molecule has 118 valence electrons. The number of carbonyl (C=O) groups excluding carboxylic acids is 1. The molecule has 0 unspecified atom stereocenters. The van der Waals surface area contributed by atoms with E-state index in [1.54, 1.807) is 49.6 Å². The topological polar surface area (TPSA) is 104 Å². The zero-order valence-electron chi connectivity index (χ0n) is 12.8. The molecule has 7 nitrogen and oxygen atoms in total. The molecule has 3 rings (SSSR count). The number of aromatic nitrogens is 3. The van der Waals surface area contributed by atoms with Crippen LogP contribution in [-0.4, -0.2) is 27.7 Å². The van der Waals surface area contributed by atoms with E-state index in [1.165, 1.54) is 10.9 Å². The first-order valence-electron chi connectivity index (χ1n) is 7.13. The van der Waals surface area contributed by atoms with E-state index in [-0.39, 0.29) is 11.5 Å². The molecule has 3 aromatic rings. The Morgan fingerprint density at radius 2 is 2.00 bits per heavy atom. The molecule has 1 aromatic carbocycles. The molecule has 24 heavy (non-hydrogen) atoms. The van der Waals surface area contributed by atoms with Crippen LogP contribution in [0, 0.1) is 11.3 Å². The van der Waals surface area contributed by atoms with Gasteiger partial charge in [-0.2, -0.15) is 5.26 Å². The van der Waals surface area contributed by atoms with Gasteiger partial charge in [0.05, 0.1) is 22.8 Å². The molecule has 2 heterocycles. The van der Waals surface area contributed by atoms with Crippen LogP contribution < -0.4 is 10.9 Å². The van der Waals surface area contributed by atoms with Crippen LogP contribution in [0.3, 0.4) is 0 Å². The van der Waals surface area contributed by atoms with Gasteiger partial charge >= 0.3 is 0 Å². The lowest BCUT2D eigenvalue weighted by Crippen LogP contribution is -2.18. The summed E-state index contributed by atoms with van der Waals surface area (Å²) in [5, 5.41) is 14.0. The van der Waals surface area contributed by atoms with Crippen LogP contribution in [0.4, 0.5) is 0 Å². The first-order valence-corrected chi connectivity index (χ1v) is 7.13. The zero-order valence-corrected chi connectivity index (χ0v) is 12.8. The summed E-state index contributed by atoms with van der Waals surface area (Å²) >= 11 is 0. The molecule has 0 radical (unpaired) electrons. The van der Waals surface area contributed by atoms with Crippen molar-refractivity contribution in [3.05, 3.63) is 70.3 Å². The van der Waals surface area contributed by atoms with Gasteiger partial charge in [-0.1, -0.05) is 12.1 Å². The fraction of sp³-hybridized carbons (Fsp3) is 0.0588. The monoisotopic (exact) mass is 319 g/mol. The van der Waals surface area contributed by atoms with Crippen LogP contribution in [0.1, 0.15) is 15.9 Å². The Hall–Kier alpha value is -3.66. The lowest BCUT2D eigenvalue weighted by atomic mass is 10.1. The molecule has 7 heteroatoms. The Morgan fingerprint density at radius 3 is 2.58 bits per heavy atom. The summed E-state index contributed by atoms with van der Waals surface area (Å²) in [6.07, 6.45) is 3.07. The normalized spacial score (nSPS) is 10.2. The summed E-state index contributed by atoms with van der Waals surface area (Å²) in [6.45, 7) is 0. The van der Waals surface area contributed by atoms with Gasteiger partial charge in [0.1, 0.15) is 0 Å². The van der Waals surface area contributed by atoms with Crippen LogP contribution >= 0.6 is 0 Å². The number of nitrogens with zero attached hydrogens (tertiary/aromatic N) is 3. The van der Waals surface area contributed by atoms with Crippen molar-refractivity contribution in [2.75, 3.05) is 7.05 Å². The number of pyridine rings is 1. The molecule has 0 aliphatic carbocycles. The van der Waals surface area contributed by atoms with Crippen molar-refractivity contribution in [3.63, 3.8) is 0 Å². The van der Waals surface area contributed by atoms with Crippen LogP contribution in [0.15, 0.2) is 53.6 Å². The molecule has 0 saturated carbocycles. The Kier molecular flexibility index (Phi) is 3.95. The van der Waals surface area contributed by atoms with E-state index in [2.05, 4.69) is 15.4 Å². The first-order chi connectivity index (χ1) is 11.6. The van der Waals surface area contributed by atoms with E-state index in [0.29, 0.717) is 28.1 Å². The third kappa shape index (κ3) is 2.80. The molecular weight excluding hydrogens is 306 g/mol. The average molecular weight is 319 g/mol. The van der Waals surface area contributed by atoms with Crippen molar-refractivity contribution in [2.45, 2.75) is 0 Å². The second kappa shape index (κ2) is 6.22. The molecule has 0 bridgehead atoms. The van der Waals surface area contributed by atoms with Gasteiger partial charge in [-0.15, -0.1) is 0 Å². The van der Waals surface area contributed by atoms with Crippen molar-refractivity contribution < 1.29 is 4.79 Å². The van der Waals surface area contributed by atoms with Gasteiger partial charge in [0.15, 0.2) is 5.82 Å². The SMILES string of the molecule is CNC(=O)c1ccc(-n2cc(-c3ccc(C#N)cc3)c(=O)[nH]2)nc1. The Morgan fingerprint density at radius 1 is 1.25 bits per heavy atom. The van der Waals surface area contributed by atoms with Crippen LogP contribution in [0.25, 0.3) is 16.9 Å². The lowest BCUT2D eigenvalue weighted by molar-refractivity contribution is 0.0962. The zero-order chi connectivity index (χ0) is 17.1. The van der Waals surface area contributed by atoms with Crippen molar-refractivity contribution in [3.8, 4) is 23.0 Å². The smallest absolute Gasteiger partial charge is 0.272 e. The number of hydrogen-bond acceptors (Lipinski definition) is 4. The van der Waals surface area contributed by atoms with Gasteiger partial charge in [0.25, 0.3) is 11.5 Å². The van der Waals surface area contributed by atoms with E-state index < -0.39 is 0 Å². The molecule has 0 saturated heterocycles. The number of nitrogens with one attached hydrogen (secondary N) is 2. The fourth-order valence-electron chi connectivity index (χ4n) is 2.25. The highest BCUT2D eigenvalue weighted by Gasteiger charge is 2.10. The predicted molar refractivity (Wildman–Crippen MR) is 87.7 cm³/mol. The molecule has 0 spiro atoms. The van der Waals surface area contributed by atoms with Gasteiger partial charge in [-0.05, 0) is 29.8 Å². The number of hydrogen-bond donors (Lipinski definition) is 2. The molecule has 1 amide bonds. The summed E-state index contributed by atoms with van der Waals surface area (Å²) in [6, 6.07) is 12.1. The molecular formula is C17H13N5O2. The maximum Gasteiger partial charge on any atom is 0.272 e. The quantitative estimate of drug-likeness (QED) is 0.762. The van der Waals surface area contributed by atoms with Crippen molar-refractivity contribution >= 4 is 5.91 Å². The maximum absolute atomic E-state index is 12.2. The fourth-order valence-corrected chi connectivity index (χ4v) is 2.25. The Bertz CT molecular complexity index is 976. The van der Waals surface area contributed by atoms with E-state index in [9.17, 15) is 9.59 Å². The summed E-state index contributed by atoms with van der Waals surface area (Å²) in [5.41, 5.74) is 1.87. The minimum Gasteiger partial charge on any atom is -0.355 e. The highest BCUT2D eigenvalue weighted by molar-refractivity contribution is 5.93. The maximum atomic E-state index is 12.2. The van der Waals surface area contributed by atoms with Crippen LogP contribution in [0.5, 0.6) is 0 Å². The number of aromatic amines is 1. The van der Waals surface area contributed by atoms with Crippen molar-refractivity contribution in [2.24, 2.45) is 0 Å². The summed E-state index contributed by atoms with van der Waals surface area (Å²) in [4.78, 5) is 27.9. The molecule has 2 N–H and O–H groups in total. The highest BCUT2D eigenvalue weighted by Crippen LogP contribution is 2.17. The first kappa shape index (κ1) is 15.2. The van der Waals surface area contributed by atoms with Gasteiger partial charge in [-0.25, -0.2) is 9.67 Å². The highest BCUT2D eigenvalue weighted by atomic mass is 16.1. The summed E-state index contributed by atoms with van der Waals surface area (Å²) in [5.74, 6) is 0.257. The lowest BCUT2D eigenvalue weighted by Gasteiger charge is -2.03. The molecule has 0 atom stereocenters. The van der Waals surface area contributed by atoms with Crippen LogP contribution in [0.2, 0.25) is 0 Å². The van der Waals surface area contributed by atoms with Gasteiger partial charge < -0.3 is 5.32 Å². The minimum absolute atomic E-state index is 0.228. The standard InChI is InChI=1S/C17H13N5O2/c1-19-16(23)13-6-7-15(20-9-13)22-10-14(17(24)21-22)12-4-2-11(8-18)3-5-12/h2-7,9-10H,1H3,(H,19,23)(H,21,24). The predicted octanol–water partition coefficient (Wildman–Crippen LogP) is 1.46. The Labute approximate surface area is 137 Å². The number of nitriles is 1. The molecule has 0 fully saturated rings. The van der Waals surface area contributed by atoms with Crippen molar-refractivity contribution in [1.29, 1.82) is 5.26 Å². The number of H-pyrrole nitrogens is 1. The minimum atomic E-state index is -0.267. The number of carbonyl (C=O) groups is 1. The molecule has 2 aromatic heterocycles. The van der Waals surface area contributed by atoms with E-state index >= 15 is 0 Å². The summed E-state index contributed by atoms with van der Waals surface area (Å²) < 4.78 is 1.49. The third-order valence-electron chi connectivity index (χ3n) is 3.53.